The number of likely N-dealkylation sites (tertiary alicyclic amines) is 1. The first kappa shape index (κ1) is 17.7. The van der Waals surface area contributed by atoms with E-state index in [9.17, 15) is 5.11 Å². The van der Waals surface area contributed by atoms with Crippen LogP contribution in [0.2, 0.25) is 0 Å². The molecule has 2 N–H and O–H groups in total. The molecule has 0 unspecified atom stereocenters. The molecule has 5 heteroatoms. The van der Waals surface area contributed by atoms with Crippen LogP contribution in [-0.4, -0.2) is 36.2 Å². The lowest BCUT2D eigenvalue weighted by atomic mass is 10.1. The molecule has 118 valence electrons. The summed E-state index contributed by atoms with van der Waals surface area (Å²) in [5.41, 5.74) is 0.997. The van der Waals surface area contributed by atoms with Gasteiger partial charge in [0.25, 0.3) is 0 Å². The number of hydrogen-bond acceptors (Lipinski definition) is 3. The average molecular weight is 514 g/mol. The summed E-state index contributed by atoms with van der Waals surface area (Å²) in [7, 11) is 0. The Morgan fingerprint density at radius 1 is 1.24 bits per heavy atom. The highest BCUT2D eigenvalue weighted by molar-refractivity contribution is 14.1. The third-order valence-corrected chi connectivity index (χ3v) is 5.38. The summed E-state index contributed by atoms with van der Waals surface area (Å²) in [6, 6.07) is 4.05. The molecule has 1 aromatic rings. The summed E-state index contributed by atoms with van der Waals surface area (Å²) in [5, 5.41) is 13.6. The first-order valence-corrected chi connectivity index (χ1v) is 9.82. The van der Waals surface area contributed by atoms with E-state index in [2.05, 4.69) is 68.4 Å². The van der Waals surface area contributed by atoms with E-state index < -0.39 is 0 Å². The Bertz CT molecular complexity index is 462. The lowest BCUT2D eigenvalue weighted by Gasteiger charge is -2.29. The number of nitrogens with one attached hydrogen (secondary N) is 1. The first-order valence-electron chi connectivity index (χ1n) is 7.66. The van der Waals surface area contributed by atoms with E-state index >= 15 is 0 Å². The molecular weight excluding hydrogens is 490 g/mol. The zero-order valence-electron chi connectivity index (χ0n) is 12.5. The number of phenols is 1. The van der Waals surface area contributed by atoms with Gasteiger partial charge in [-0.3, -0.25) is 0 Å². The van der Waals surface area contributed by atoms with Gasteiger partial charge in [-0.1, -0.05) is 13.3 Å². The predicted octanol–water partition coefficient (Wildman–Crippen LogP) is 3.81. The van der Waals surface area contributed by atoms with Crippen LogP contribution in [0.25, 0.3) is 0 Å². The van der Waals surface area contributed by atoms with Crippen molar-refractivity contribution in [3.63, 3.8) is 0 Å². The van der Waals surface area contributed by atoms with Crippen LogP contribution in [-0.2, 0) is 6.54 Å². The molecule has 0 saturated carbocycles. The van der Waals surface area contributed by atoms with E-state index in [1.54, 1.807) is 0 Å². The summed E-state index contributed by atoms with van der Waals surface area (Å²) in [6.45, 7) is 7.75. The van der Waals surface area contributed by atoms with Crippen LogP contribution in [0.4, 0.5) is 0 Å². The van der Waals surface area contributed by atoms with Gasteiger partial charge in [0.2, 0.25) is 0 Å². The van der Waals surface area contributed by atoms with E-state index in [0.29, 0.717) is 11.7 Å². The molecule has 0 amide bonds. The summed E-state index contributed by atoms with van der Waals surface area (Å²) < 4.78 is 2.10. The Morgan fingerprint density at radius 3 is 2.67 bits per heavy atom. The van der Waals surface area contributed by atoms with Crippen molar-refractivity contribution in [3.05, 3.63) is 24.8 Å². The normalized spacial score (nSPS) is 17.9. The molecule has 1 aliphatic heterocycles. The van der Waals surface area contributed by atoms with Gasteiger partial charge in [-0.15, -0.1) is 0 Å². The molecule has 1 saturated heterocycles. The molecule has 1 aromatic carbocycles. The second-order valence-electron chi connectivity index (χ2n) is 5.99. The standard InChI is InChI=1S/C16H24I2N2O/c1-12(11-20-5-3-2-4-6-20)9-19-10-13-7-14(17)8-15(18)16(13)21/h7-8,12,19,21H,2-6,9-11H2,1H3/t12-/m0/s1. The molecule has 1 aliphatic rings. The minimum atomic E-state index is 0.423. The average Bonchev–Trinajstić information content (AvgIpc) is 2.45. The second kappa shape index (κ2) is 8.88. The molecule has 0 spiro atoms. The van der Waals surface area contributed by atoms with E-state index in [1.807, 2.05) is 6.07 Å². The molecular formula is C16H24I2N2O. The van der Waals surface area contributed by atoms with Crippen LogP contribution < -0.4 is 5.32 Å². The van der Waals surface area contributed by atoms with Crippen LogP contribution in [0.15, 0.2) is 12.1 Å². The van der Waals surface area contributed by atoms with E-state index in [0.717, 1.165) is 22.2 Å². The van der Waals surface area contributed by atoms with Crippen molar-refractivity contribution in [2.24, 2.45) is 5.92 Å². The van der Waals surface area contributed by atoms with Crippen LogP contribution >= 0.6 is 45.2 Å². The molecule has 0 bridgehead atoms. The lowest BCUT2D eigenvalue weighted by Crippen LogP contribution is -2.36. The van der Waals surface area contributed by atoms with Gasteiger partial charge in [0.05, 0.1) is 3.57 Å². The Hall–Kier alpha value is 0.400. The van der Waals surface area contributed by atoms with Crippen LogP contribution in [0.1, 0.15) is 31.7 Å². The van der Waals surface area contributed by atoms with Crippen molar-refractivity contribution in [2.45, 2.75) is 32.7 Å². The SMILES string of the molecule is C[C@@H](CNCc1cc(I)cc(I)c1O)CN1CCCCC1. The number of rotatable bonds is 6. The van der Waals surface area contributed by atoms with Crippen molar-refractivity contribution >= 4 is 45.2 Å². The topological polar surface area (TPSA) is 35.5 Å². The fourth-order valence-electron chi connectivity index (χ4n) is 2.85. The molecule has 2 rings (SSSR count). The predicted molar refractivity (Wildman–Crippen MR) is 105 cm³/mol. The Balaban J connectivity index is 1.76. The Labute approximate surface area is 155 Å². The van der Waals surface area contributed by atoms with Crippen molar-refractivity contribution in [3.8, 4) is 5.75 Å². The van der Waals surface area contributed by atoms with Gasteiger partial charge in [-0.05, 0) is 95.7 Å². The smallest absolute Gasteiger partial charge is 0.133 e. The number of aromatic hydroxyl groups is 1. The van der Waals surface area contributed by atoms with Gasteiger partial charge in [-0.2, -0.15) is 0 Å². The minimum absolute atomic E-state index is 0.423. The quantitative estimate of drug-likeness (QED) is 0.568. The van der Waals surface area contributed by atoms with E-state index in [-0.39, 0.29) is 0 Å². The maximum absolute atomic E-state index is 10.1. The third kappa shape index (κ3) is 5.84. The molecule has 0 radical (unpaired) electrons. The fourth-order valence-corrected chi connectivity index (χ4v) is 4.82. The summed E-state index contributed by atoms with van der Waals surface area (Å²) in [6.07, 6.45) is 4.11. The fraction of sp³-hybridized carbons (Fsp3) is 0.625. The van der Waals surface area contributed by atoms with Crippen LogP contribution in [0, 0.1) is 13.1 Å². The monoisotopic (exact) mass is 514 g/mol. The molecule has 3 nitrogen and oxygen atoms in total. The molecule has 0 aromatic heterocycles. The molecule has 0 aliphatic carbocycles. The van der Waals surface area contributed by atoms with Gasteiger partial charge in [0.1, 0.15) is 5.75 Å². The van der Waals surface area contributed by atoms with Gasteiger partial charge in [0.15, 0.2) is 0 Å². The Morgan fingerprint density at radius 2 is 1.95 bits per heavy atom. The van der Waals surface area contributed by atoms with Gasteiger partial charge in [0, 0.05) is 22.2 Å². The minimum Gasteiger partial charge on any atom is -0.507 e. The molecule has 1 fully saturated rings. The van der Waals surface area contributed by atoms with Crippen molar-refractivity contribution < 1.29 is 5.11 Å². The van der Waals surface area contributed by atoms with Crippen LogP contribution in [0.5, 0.6) is 5.75 Å². The highest BCUT2D eigenvalue weighted by Crippen LogP contribution is 2.26. The van der Waals surface area contributed by atoms with Gasteiger partial charge in [-0.25, -0.2) is 0 Å². The second-order valence-corrected chi connectivity index (χ2v) is 8.40. The highest BCUT2D eigenvalue weighted by atomic mass is 127. The number of phenolic OH excluding ortho intramolecular Hbond substituents is 1. The number of piperidine rings is 1. The molecule has 1 heterocycles. The maximum atomic E-state index is 10.1. The highest BCUT2D eigenvalue weighted by Gasteiger charge is 2.13. The summed E-state index contributed by atoms with van der Waals surface area (Å²) in [4.78, 5) is 2.59. The Kier molecular flexibility index (Phi) is 7.51. The first-order chi connectivity index (χ1) is 10.1. The molecule has 21 heavy (non-hydrogen) atoms. The largest absolute Gasteiger partial charge is 0.507 e. The number of halogens is 2. The van der Waals surface area contributed by atoms with E-state index in [4.69, 9.17) is 0 Å². The summed E-state index contributed by atoms with van der Waals surface area (Å²) in [5.74, 6) is 1.07. The van der Waals surface area contributed by atoms with Gasteiger partial charge < -0.3 is 15.3 Å². The lowest BCUT2D eigenvalue weighted by molar-refractivity contribution is 0.199. The van der Waals surface area contributed by atoms with Crippen LogP contribution in [0.3, 0.4) is 0 Å². The maximum Gasteiger partial charge on any atom is 0.133 e. The van der Waals surface area contributed by atoms with Crippen molar-refractivity contribution in [1.82, 2.24) is 10.2 Å². The zero-order valence-corrected chi connectivity index (χ0v) is 16.9. The molecule has 1 atom stereocenters. The zero-order chi connectivity index (χ0) is 15.2. The van der Waals surface area contributed by atoms with Crippen molar-refractivity contribution in [2.75, 3.05) is 26.2 Å². The summed E-state index contributed by atoms with van der Waals surface area (Å²) >= 11 is 4.49. The number of benzene rings is 1. The van der Waals surface area contributed by atoms with Gasteiger partial charge >= 0.3 is 0 Å². The van der Waals surface area contributed by atoms with Crippen molar-refractivity contribution in [1.29, 1.82) is 0 Å². The number of nitrogens with zero attached hydrogens (tertiary/aromatic N) is 1. The van der Waals surface area contributed by atoms with E-state index in [1.165, 1.54) is 42.5 Å². The third-order valence-electron chi connectivity index (χ3n) is 3.93. The number of hydrogen-bond donors (Lipinski definition) is 2.